The fourth-order valence-electron chi connectivity index (χ4n) is 2.62. The maximum absolute atomic E-state index is 13.8. The molecule has 0 saturated heterocycles. The van der Waals surface area contributed by atoms with E-state index in [0.717, 1.165) is 25.0 Å². The van der Waals surface area contributed by atoms with E-state index in [1.165, 1.54) is 5.56 Å². The van der Waals surface area contributed by atoms with Crippen LogP contribution in [0.2, 0.25) is 5.02 Å². The molecule has 0 fully saturated rings. The number of benzene rings is 1. The SMILES string of the molecule is Fc1c(Cl)cccc1CNC1CCCc2occc21. The normalized spacial score (nSPS) is 18.3. The molecule has 1 heterocycles. The van der Waals surface area contributed by atoms with Crippen LogP contribution >= 0.6 is 11.6 Å². The van der Waals surface area contributed by atoms with E-state index in [0.29, 0.717) is 12.1 Å². The van der Waals surface area contributed by atoms with Gasteiger partial charge in [0.05, 0.1) is 11.3 Å². The van der Waals surface area contributed by atoms with E-state index in [1.807, 2.05) is 6.07 Å². The fraction of sp³-hybridized carbons (Fsp3) is 0.333. The van der Waals surface area contributed by atoms with Gasteiger partial charge in [0.2, 0.25) is 0 Å². The largest absolute Gasteiger partial charge is 0.469 e. The summed E-state index contributed by atoms with van der Waals surface area (Å²) in [5, 5.41) is 3.56. The molecule has 1 atom stereocenters. The Labute approximate surface area is 116 Å². The first-order valence-electron chi connectivity index (χ1n) is 6.48. The van der Waals surface area contributed by atoms with Gasteiger partial charge < -0.3 is 9.73 Å². The summed E-state index contributed by atoms with van der Waals surface area (Å²) in [5.74, 6) is 0.718. The van der Waals surface area contributed by atoms with Gasteiger partial charge in [-0.2, -0.15) is 0 Å². The summed E-state index contributed by atoms with van der Waals surface area (Å²) in [5.41, 5.74) is 1.80. The predicted octanol–water partition coefficient (Wildman–Crippen LogP) is 4.24. The first-order chi connectivity index (χ1) is 9.25. The lowest BCUT2D eigenvalue weighted by Crippen LogP contribution is -2.24. The van der Waals surface area contributed by atoms with E-state index in [2.05, 4.69) is 5.32 Å². The van der Waals surface area contributed by atoms with Crippen LogP contribution < -0.4 is 5.32 Å². The summed E-state index contributed by atoms with van der Waals surface area (Å²) in [7, 11) is 0. The molecule has 0 amide bonds. The minimum Gasteiger partial charge on any atom is -0.469 e. The van der Waals surface area contributed by atoms with Gasteiger partial charge in [0, 0.05) is 30.1 Å². The van der Waals surface area contributed by atoms with E-state index in [4.69, 9.17) is 16.0 Å². The highest BCUT2D eigenvalue weighted by Gasteiger charge is 2.22. The molecule has 0 bridgehead atoms. The van der Waals surface area contributed by atoms with Crippen molar-refractivity contribution < 1.29 is 8.81 Å². The van der Waals surface area contributed by atoms with E-state index < -0.39 is 0 Å². The van der Waals surface area contributed by atoms with Crippen molar-refractivity contribution in [3.63, 3.8) is 0 Å². The zero-order valence-corrected chi connectivity index (χ0v) is 11.2. The van der Waals surface area contributed by atoms with Gasteiger partial charge in [0.1, 0.15) is 11.6 Å². The number of hydrogen-bond acceptors (Lipinski definition) is 2. The van der Waals surface area contributed by atoms with Crippen LogP contribution in [0.1, 0.15) is 35.8 Å². The Hall–Kier alpha value is -1.32. The highest BCUT2D eigenvalue weighted by atomic mass is 35.5. The van der Waals surface area contributed by atoms with Crippen molar-refractivity contribution in [3.8, 4) is 0 Å². The Morgan fingerprint density at radius 1 is 1.37 bits per heavy atom. The first kappa shape index (κ1) is 12.7. The highest BCUT2D eigenvalue weighted by molar-refractivity contribution is 6.30. The van der Waals surface area contributed by atoms with Gasteiger partial charge in [-0.15, -0.1) is 0 Å². The molecular weight excluding hydrogens is 265 g/mol. The molecular formula is C15H15ClFNO. The number of fused-ring (bicyclic) bond motifs is 1. The highest BCUT2D eigenvalue weighted by Crippen LogP contribution is 2.30. The van der Waals surface area contributed by atoms with Crippen molar-refractivity contribution in [2.24, 2.45) is 0 Å². The second-order valence-electron chi connectivity index (χ2n) is 4.84. The van der Waals surface area contributed by atoms with Crippen LogP contribution in [0.3, 0.4) is 0 Å². The molecule has 1 aliphatic carbocycles. The molecule has 1 aliphatic rings. The second-order valence-corrected chi connectivity index (χ2v) is 5.24. The monoisotopic (exact) mass is 279 g/mol. The Kier molecular flexibility index (Phi) is 3.58. The number of hydrogen-bond donors (Lipinski definition) is 1. The van der Waals surface area contributed by atoms with Crippen LogP contribution in [-0.2, 0) is 13.0 Å². The third-order valence-electron chi connectivity index (χ3n) is 3.62. The third-order valence-corrected chi connectivity index (χ3v) is 3.91. The van der Waals surface area contributed by atoms with E-state index in [1.54, 1.807) is 24.5 Å². The van der Waals surface area contributed by atoms with Crippen LogP contribution in [0.4, 0.5) is 4.39 Å². The molecule has 3 rings (SSSR count). The zero-order chi connectivity index (χ0) is 13.2. The quantitative estimate of drug-likeness (QED) is 0.909. The van der Waals surface area contributed by atoms with Crippen molar-refractivity contribution in [1.29, 1.82) is 0 Å². The standard InChI is InChI=1S/C15H15ClFNO/c16-12-4-1-3-10(15(12)17)9-18-13-5-2-6-14-11(13)7-8-19-14/h1,3-4,7-8,13,18H,2,5-6,9H2. The molecule has 4 heteroatoms. The molecule has 1 N–H and O–H groups in total. The molecule has 1 aromatic heterocycles. The van der Waals surface area contributed by atoms with Crippen LogP contribution in [0.25, 0.3) is 0 Å². The Morgan fingerprint density at radius 2 is 2.26 bits per heavy atom. The lowest BCUT2D eigenvalue weighted by atomic mass is 9.93. The minimum absolute atomic E-state index is 0.173. The molecule has 100 valence electrons. The van der Waals surface area contributed by atoms with Crippen molar-refractivity contribution in [2.45, 2.75) is 31.8 Å². The number of furan rings is 1. The Morgan fingerprint density at radius 3 is 3.16 bits per heavy atom. The van der Waals surface area contributed by atoms with Crippen LogP contribution in [-0.4, -0.2) is 0 Å². The van der Waals surface area contributed by atoms with Gasteiger partial charge in [0.15, 0.2) is 0 Å². The maximum Gasteiger partial charge on any atom is 0.146 e. The average molecular weight is 280 g/mol. The lowest BCUT2D eigenvalue weighted by Gasteiger charge is -2.23. The van der Waals surface area contributed by atoms with Crippen molar-refractivity contribution in [1.82, 2.24) is 5.32 Å². The van der Waals surface area contributed by atoms with Gasteiger partial charge >= 0.3 is 0 Å². The summed E-state index contributed by atoms with van der Waals surface area (Å²) in [6.45, 7) is 0.474. The minimum atomic E-state index is -0.333. The third kappa shape index (κ3) is 2.53. The summed E-state index contributed by atoms with van der Waals surface area (Å²) < 4.78 is 19.2. The van der Waals surface area contributed by atoms with Crippen LogP contribution in [0.15, 0.2) is 34.9 Å². The summed E-state index contributed by atoms with van der Waals surface area (Å²) >= 11 is 5.78. The molecule has 0 radical (unpaired) electrons. The van der Waals surface area contributed by atoms with E-state index in [-0.39, 0.29) is 16.9 Å². The lowest BCUT2D eigenvalue weighted by molar-refractivity contribution is 0.408. The Bertz CT molecular complexity index is 581. The van der Waals surface area contributed by atoms with Gasteiger partial charge in [-0.3, -0.25) is 0 Å². The Balaban J connectivity index is 1.73. The van der Waals surface area contributed by atoms with E-state index in [9.17, 15) is 4.39 Å². The molecule has 1 aromatic carbocycles. The molecule has 19 heavy (non-hydrogen) atoms. The van der Waals surface area contributed by atoms with E-state index >= 15 is 0 Å². The number of halogens is 2. The van der Waals surface area contributed by atoms with Gasteiger partial charge in [-0.1, -0.05) is 23.7 Å². The predicted molar refractivity (Wildman–Crippen MR) is 72.6 cm³/mol. The van der Waals surface area contributed by atoms with Gasteiger partial charge in [-0.25, -0.2) is 4.39 Å². The number of aryl methyl sites for hydroxylation is 1. The van der Waals surface area contributed by atoms with Crippen LogP contribution in [0.5, 0.6) is 0 Å². The second kappa shape index (κ2) is 5.35. The fourth-order valence-corrected chi connectivity index (χ4v) is 2.81. The van der Waals surface area contributed by atoms with Gasteiger partial charge in [0.25, 0.3) is 0 Å². The van der Waals surface area contributed by atoms with Crippen molar-refractivity contribution >= 4 is 11.6 Å². The van der Waals surface area contributed by atoms with Crippen molar-refractivity contribution in [3.05, 3.63) is 58.3 Å². The topological polar surface area (TPSA) is 25.2 Å². The number of rotatable bonds is 3. The molecule has 2 nitrogen and oxygen atoms in total. The van der Waals surface area contributed by atoms with Gasteiger partial charge in [-0.05, 0) is 25.0 Å². The number of nitrogens with one attached hydrogen (secondary N) is 1. The van der Waals surface area contributed by atoms with Crippen molar-refractivity contribution in [2.75, 3.05) is 0 Å². The summed E-state index contributed by atoms with van der Waals surface area (Å²) in [4.78, 5) is 0. The summed E-state index contributed by atoms with van der Waals surface area (Å²) in [6.07, 6.45) is 4.86. The molecule has 0 saturated carbocycles. The smallest absolute Gasteiger partial charge is 0.146 e. The first-order valence-corrected chi connectivity index (χ1v) is 6.86. The molecule has 0 spiro atoms. The maximum atomic E-state index is 13.8. The molecule has 0 aliphatic heterocycles. The molecule has 1 unspecified atom stereocenters. The summed E-state index contributed by atoms with van der Waals surface area (Å²) in [6, 6.07) is 7.33. The van der Waals surface area contributed by atoms with Crippen LogP contribution in [0, 0.1) is 5.82 Å². The average Bonchev–Trinajstić information content (AvgIpc) is 2.89. The molecule has 2 aromatic rings. The zero-order valence-electron chi connectivity index (χ0n) is 10.5.